The molecule has 0 amide bonds. The van der Waals surface area contributed by atoms with Crippen LogP contribution in [0.5, 0.6) is 0 Å². The van der Waals surface area contributed by atoms with Crippen molar-refractivity contribution >= 4 is 44.9 Å². The average molecular weight is 330 g/mol. The van der Waals surface area contributed by atoms with Gasteiger partial charge in [0.1, 0.15) is 0 Å². The van der Waals surface area contributed by atoms with Gasteiger partial charge in [-0.05, 0) is 24.3 Å². The molecule has 0 radical (unpaired) electrons. The molecule has 2 aromatic rings. The largest absolute Gasteiger partial charge is 0.289 e. The molecule has 0 heterocycles. The van der Waals surface area contributed by atoms with Crippen LogP contribution in [0.2, 0.25) is 10.0 Å². The van der Waals surface area contributed by atoms with Crippen molar-refractivity contribution in [1.82, 2.24) is 0 Å². The Morgan fingerprint density at radius 2 is 1.59 bits per heavy atom. The van der Waals surface area contributed by atoms with E-state index < -0.39 is 0 Å². The van der Waals surface area contributed by atoms with Crippen molar-refractivity contribution in [1.29, 1.82) is 0 Å². The quantitative estimate of drug-likeness (QED) is 0.709. The first-order chi connectivity index (χ1) is 8.11. The topological polar surface area (TPSA) is 17.1 Å². The molecular weight excluding hydrogens is 323 g/mol. The summed E-state index contributed by atoms with van der Waals surface area (Å²) in [4.78, 5) is 12.3. The molecule has 0 fully saturated rings. The fourth-order valence-corrected chi connectivity index (χ4v) is 2.32. The monoisotopic (exact) mass is 328 g/mol. The Morgan fingerprint density at radius 1 is 0.941 bits per heavy atom. The van der Waals surface area contributed by atoms with Crippen LogP contribution in [0.1, 0.15) is 15.9 Å². The maximum Gasteiger partial charge on any atom is 0.195 e. The summed E-state index contributed by atoms with van der Waals surface area (Å²) in [6.07, 6.45) is 0. The number of rotatable bonds is 2. The second-order valence-electron chi connectivity index (χ2n) is 3.41. The molecule has 0 aliphatic carbocycles. The van der Waals surface area contributed by atoms with Gasteiger partial charge in [-0.1, -0.05) is 57.3 Å². The minimum Gasteiger partial charge on any atom is -0.289 e. The molecule has 0 aliphatic rings. The van der Waals surface area contributed by atoms with Gasteiger partial charge in [-0.3, -0.25) is 4.79 Å². The average Bonchev–Trinajstić information content (AvgIpc) is 2.32. The van der Waals surface area contributed by atoms with E-state index in [1.54, 1.807) is 30.3 Å². The first-order valence-electron chi connectivity index (χ1n) is 4.84. The number of carbonyl (C=O) groups excluding carboxylic acids is 1. The molecule has 4 heteroatoms. The Bertz CT molecular complexity index is 581. The van der Waals surface area contributed by atoms with Crippen molar-refractivity contribution < 1.29 is 4.79 Å². The van der Waals surface area contributed by atoms with Crippen LogP contribution >= 0.6 is 39.1 Å². The Labute approximate surface area is 117 Å². The van der Waals surface area contributed by atoms with Gasteiger partial charge in [0.15, 0.2) is 5.78 Å². The second kappa shape index (κ2) is 5.21. The van der Waals surface area contributed by atoms with E-state index in [1.165, 1.54) is 0 Å². The van der Waals surface area contributed by atoms with Gasteiger partial charge in [0, 0.05) is 15.6 Å². The van der Waals surface area contributed by atoms with Gasteiger partial charge in [-0.2, -0.15) is 0 Å². The molecule has 0 atom stereocenters. The van der Waals surface area contributed by atoms with Crippen LogP contribution in [0.3, 0.4) is 0 Å². The van der Waals surface area contributed by atoms with Crippen molar-refractivity contribution in [3.63, 3.8) is 0 Å². The number of hydrogen-bond acceptors (Lipinski definition) is 1. The van der Waals surface area contributed by atoms with E-state index in [9.17, 15) is 4.79 Å². The van der Waals surface area contributed by atoms with Gasteiger partial charge in [-0.25, -0.2) is 0 Å². The summed E-state index contributed by atoms with van der Waals surface area (Å²) in [6, 6.07) is 12.2. The third-order valence-corrected chi connectivity index (χ3v) is 3.83. The number of ketones is 1. The standard InChI is InChI=1S/C13H7BrCl2O/c14-10-6-2-1-4-8(10)13(17)9-5-3-7-11(15)12(9)16/h1-7H. The normalized spacial score (nSPS) is 10.3. The Balaban J connectivity index is 2.52. The van der Waals surface area contributed by atoms with E-state index in [4.69, 9.17) is 23.2 Å². The molecule has 0 aliphatic heterocycles. The number of benzene rings is 2. The fourth-order valence-electron chi connectivity index (χ4n) is 1.47. The van der Waals surface area contributed by atoms with Gasteiger partial charge < -0.3 is 0 Å². The van der Waals surface area contributed by atoms with E-state index in [0.717, 1.165) is 4.47 Å². The highest BCUT2D eigenvalue weighted by Gasteiger charge is 2.16. The van der Waals surface area contributed by atoms with Gasteiger partial charge in [0.2, 0.25) is 0 Å². The van der Waals surface area contributed by atoms with Crippen molar-refractivity contribution in [2.45, 2.75) is 0 Å². The van der Waals surface area contributed by atoms with Gasteiger partial charge in [-0.15, -0.1) is 0 Å². The van der Waals surface area contributed by atoms with Crippen LogP contribution in [0.25, 0.3) is 0 Å². The van der Waals surface area contributed by atoms with E-state index in [2.05, 4.69) is 15.9 Å². The van der Waals surface area contributed by atoms with Crippen molar-refractivity contribution in [2.75, 3.05) is 0 Å². The number of carbonyl (C=O) groups is 1. The molecule has 17 heavy (non-hydrogen) atoms. The zero-order chi connectivity index (χ0) is 12.4. The predicted molar refractivity (Wildman–Crippen MR) is 74.0 cm³/mol. The highest BCUT2D eigenvalue weighted by atomic mass is 79.9. The zero-order valence-corrected chi connectivity index (χ0v) is 11.7. The summed E-state index contributed by atoms with van der Waals surface area (Å²) >= 11 is 15.3. The summed E-state index contributed by atoms with van der Waals surface area (Å²) in [5, 5.41) is 0.666. The summed E-state index contributed by atoms with van der Waals surface area (Å²) < 4.78 is 0.737. The Hall–Kier alpha value is -0.830. The number of halogens is 3. The highest BCUT2D eigenvalue weighted by Crippen LogP contribution is 2.29. The van der Waals surface area contributed by atoms with E-state index >= 15 is 0 Å². The maximum atomic E-state index is 12.3. The molecule has 0 saturated heterocycles. The van der Waals surface area contributed by atoms with E-state index in [-0.39, 0.29) is 10.8 Å². The Morgan fingerprint density at radius 3 is 2.29 bits per heavy atom. The van der Waals surface area contributed by atoms with Gasteiger partial charge in [0.05, 0.1) is 10.0 Å². The fraction of sp³-hybridized carbons (Fsp3) is 0. The minimum absolute atomic E-state index is 0.148. The third-order valence-electron chi connectivity index (χ3n) is 2.31. The minimum atomic E-state index is -0.148. The van der Waals surface area contributed by atoms with Crippen LogP contribution in [0, 0.1) is 0 Å². The third kappa shape index (κ3) is 2.54. The van der Waals surface area contributed by atoms with Crippen LogP contribution in [-0.2, 0) is 0 Å². The molecule has 2 rings (SSSR count). The smallest absolute Gasteiger partial charge is 0.195 e. The van der Waals surface area contributed by atoms with Crippen LogP contribution < -0.4 is 0 Å². The zero-order valence-electron chi connectivity index (χ0n) is 8.58. The molecule has 0 saturated carbocycles. The van der Waals surface area contributed by atoms with Gasteiger partial charge in [0.25, 0.3) is 0 Å². The predicted octanol–water partition coefficient (Wildman–Crippen LogP) is 4.99. The van der Waals surface area contributed by atoms with Crippen molar-refractivity contribution in [2.24, 2.45) is 0 Å². The lowest BCUT2D eigenvalue weighted by atomic mass is 10.0. The van der Waals surface area contributed by atoms with Crippen LogP contribution in [0.15, 0.2) is 46.9 Å². The number of hydrogen-bond donors (Lipinski definition) is 0. The maximum absolute atomic E-state index is 12.3. The second-order valence-corrected chi connectivity index (χ2v) is 5.05. The summed E-state index contributed by atoms with van der Waals surface area (Å²) in [6.45, 7) is 0. The first-order valence-corrected chi connectivity index (χ1v) is 6.39. The van der Waals surface area contributed by atoms with Gasteiger partial charge >= 0.3 is 0 Å². The van der Waals surface area contributed by atoms with E-state index in [0.29, 0.717) is 16.1 Å². The molecule has 2 aromatic carbocycles. The molecular formula is C13H7BrCl2O. The summed E-state index contributed by atoms with van der Waals surface area (Å²) in [5.41, 5.74) is 0.975. The SMILES string of the molecule is O=C(c1ccccc1Br)c1cccc(Cl)c1Cl. The van der Waals surface area contributed by atoms with E-state index in [1.807, 2.05) is 12.1 Å². The lowest BCUT2D eigenvalue weighted by molar-refractivity contribution is 0.103. The first kappa shape index (κ1) is 12.6. The molecule has 86 valence electrons. The van der Waals surface area contributed by atoms with Crippen molar-refractivity contribution in [3.05, 3.63) is 68.1 Å². The molecule has 0 unspecified atom stereocenters. The van der Waals surface area contributed by atoms with Crippen LogP contribution in [0.4, 0.5) is 0 Å². The molecule has 0 spiro atoms. The Kier molecular flexibility index (Phi) is 3.87. The summed E-state index contributed by atoms with van der Waals surface area (Å²) in [5.74, 6) is -0.148. The molecule has 0 bridgehead atoms. The lowest BCUT2D eigenvalue weighted by Gasteiger charge is -2.06. The molecule has 1 nitrogen and oxygen atoms in total. The summed E-state index contributed by atoms with van der Waals surface area (Å²) in [7, 11) is 0. The molecule has 0 N–H and O–H groups in total. The lowest BCUT2D eigenvalue weighted by Crippen LogP contribution is -2.03. The highest BCUT2D eigenvalue weighted by molar-refractivity contribution is 9.10. The molecule has 0 aromatic heterocycles. The van der Waals surface area contributed by atoms with Crippen molar-refractivity contribution in [3.8, 4) is 0 Å². The van der Waals surface area contributed by atoms with Crippen LogP contribution in [-0.4, -0.2) is 5.78 Å².